The zero-order chi connectivity index (χ0) is 20.4. The van der Waals surface area contributed by atoms with E-state index in [1.165, 1.54) is 0 Å². The number of thiophene rings is 1. The van der Waals surface area contributed by atoms with Gasteiger partial charge in [0.15, 0.2) is 5.69 Å². The molecule has 1 aliphatic rings. The number of fused-ring (bicyclic) bond motifs is 1. The third-order valence-corrected chi connectivity index (χ3v) is 5.94. The summed E-state index contributed by atoms with van der Waals surface area (Å²) in [6.07, 6.45) is 1.03. The molecule has 1 amide bonds. The van der Waals surface area contributed by atoms with E-state index in [0.29, 0.717) is 31.6 Å². The number of rotatable bonds is 5. The number of amides is 1. The molecule has 0 saturated carbocycles. The highest BCUT2D eigenvalue weighted by atomic mass is 32.1. The van der Waals surface area contributed by atoms with Gasteiger partial charge in [0.2, 0.25) is 5.91 Å². The number of benzene rings is 1. The third kappa shape index (κ3) is 3.96. The highest BCUT2D eigenvalue weighted by molar-refractivity contribution is 7.10. The van der Waals surface area contributed by atoms with E-state index >= 15 is 0 Å². The molecule has 0 aliphatic carbocycles. The summed E-state index contributed by atoms with van der Waals surface area (Å²) in [5, 5.41) is 6.56. The van der Waals surface area contributed by atoms with E-state index < -0.39 is 5.97 Å². The fourth-order valence-electron chi connectivity index (χ4n) is 3.57. The lowest BCUT2D eigenvalue weighted by Gasteiger charge is -2.27. The summed E-state index contributed by atoms with van der Waals surface area (Å²) in [6.45, 7) is 5.07. The van der Waals surface area contributed by atoms with Crippen molar-refractivity contribution in [3.63, 3.8) is 0 Å². The number of hydrogen-bond acceptors (Lipinski definition) is 5. The quantitative estimate of drug-likeness (QED) is 0.605. The summed E-state index contributed by atoms with van der Waals surface area (Å²) in [7, 11) is 0. The second-order valence-corrected chi connectivity index (χ2v) is 8.10. The Balaban J connectivity index is 1.66. The maximum absolute atomic E-state index is 12.8. The molecule has 7 heteroatoms. The molecule has 0 atom stereocenters. The van der Waals surface area contributed by atoms with Crippen molar-refractivity contribution in [2.24, 2.45) is 0 Å². The molecule has 1 aliphatic heterocycles. The predicted molar refractivity (Wildman–Crippen MR) is 111 cm³/mol. The van der Waals surface area contributed by atoms with Crippen LogP contribution in [0.1, 0.15) is 39.1 Å². The molecule has 4 rings (SSSR count). The van der Waals surface area contributed by atoms with Gasteiger partial charge in [-0.05, 0) is 37.4 Å². The van der Waals surface area contributed by atoms with Gasteiger partial charge in [-0.15, -0.1) is 11.3 Å². The molecule has 0 saturated heterocycles. The van der Waals surface area contributed by atoms with Crippen molar-refractivity contribution in [3.05, 3.63) is 69.2 Å². The minimum absolute atomic E-state index is 0.0657. The third-order valence-electron chi connectivity index (χ3n) is 5.06. The normalized spacial score (nSPS) is 13.2. The molecule has 0 unspecified atom stereocenters. The van der Waals surface area contributed by atoms with E-state index in [2.05, 4.69) is 5.10 Å². The Morgan fingerprint density at radius 3 is 2.69 bits per heavy atom. The first-order valence-electron chi connectivity index (χ1n) is 9.72. The van der Waals surface area contributed by atoms with E-state index in [4.69, 9.17) is 4.74 Å². The molecule has 150 valence electrons. The zero-order valence-corrected chi connectivity index (χ0v) is 17.4. The van der Waals surface area contributed by atoms with Crippen molar-refractivity contribution in [2.75, 3.05) is 13.2 Å². The monoisotopic (exact) mass is 409 g/mol. The number of ether oxygens (including phenoxy) is 1. The standard InChI is InChI=1S/C22H23N3O3S/c1-3-28-22(27)21-18-14-24(20(26)13-17-5-4-12-29-17)11-10-19(18)25(23-21)16-8-6-15(2)7-9-16/h4-9,12H,3,10-11,13-14H2,1-2H3. The second kappa shape index (κ2) is 8.21. The summed E-state index contributed by atoms with van der Waals surface area (Å²) in [5.41, 5.74) is 4.12. The van der Waals surface area contributed by atoms with Crippen molar-refractivity contribution in [2.45, 2.75) is 33.2 Å². The Morgan fingerprint density at radius 2 is 2.00 bits per heavy atom. The van der Waals surface area contributed by atoms with Crippen LogP contribution in [0.15, 0.2) is 41.8 Å². The van der Waals surface area contributed by atoms with Gasteiger partial charge in [-0.1, -0.05) is 23.8 Å². The van der Waals surface area contributed by atoms with Crippen LogP contribution < -0.4 is 0 Å². The summed E-state index contributed by atoms with van der Waals surface area (Å²) < 4.78 is 7.05. The molecule has 0 radical (unpaired) electrons. The van der Waals surface area contributed by atoms with Crippen molar-refractivity contribution in [1.82, 2.24) is 14.7 Å². The first-order chi connectivity index (χ1) is 14.1. The molecule has 0 fully saturated rings. The van der Waals surface area contributed by atoms with Crippen LogP contribution in [0.25, 0.3) is 5.69 Å². The van der Waals surface area contributed by atoms with Crippen LogP contribution in [0.5, 0.6) is 0 Å². The molecular formula is C22H23N3O3S. The number of hydrogen-bond donors (Lipinski definition) is 0. The van der Waals surface area contributed by atoms with Crippen molar-refractivity contribution in [1.29, 1.82) is 0 Å². The Hall–Kier alpha value is -2.93. The van der Waals surface area contributed by atoms with Crippen LogP contribution in [-0.2, 0) is 28.9 Å². The van der Waals surface area contributed by atoms with Gasteiger partial charge in [-0.25, -0.2) is 9.48 Å². The number of aromatic nitrogens is 2. The van der Waals surface area contributed by atoms with Gasteiger partial charge in [0.1, 0.15) is 0 Å². The maximum atomic E-state index is 12.8. The van der Waals surface area contributed by atoms with Gasteiger partial charge >= 0.3 is 5.97 Å². The van der Waals surface area contributed by atoms with Gasteiger partial charge in [0.25, 0.3) is 0 Å². The molecule has 3 heterocycles. The first kappa shape index (κ1) is 19.4. The van der Waals surface area contributed by atoms with E-state index in [1.54, 1.807) is 18.3 Å². The van der Waals surface area contributed by atoms with Crippen LogP contribution in [0.2, 0.25) is 0 Å². The second-order valence-electron chi connectivity index (χ2n) is 7.06. The Labute approximate surface area is 173 Å². The van der Waals surface area contributed by atoms with Crippen molar-refractivity contribution in [3.8, 4) is 5.69 Å². The van der Waals surface area contributed by atoms with Crippen LogP contribution in [-0.4, -0.2) is 39.7 Å². The number of carbonyl (C=O) groups excluding carboxylic acids is 2. The van der Waals surface area contributed by atoms with Gasteiger partial charge in [0.05, 0.1) is 24.4 Å². The predicted octanol–water partition coefficient (Wildman–Crippen LogP) is 3.55. The minimum Gasteiger partial charge on any atom is -0.461 e. The summed E-state index contributed by atoms with van der Waals surface area (Å²) in [5.74, 6) is -0.377. The molecule has 0 bridgehead atoms. The molecule has 29 heavy (non-hydrogen) atoms. The van der Waals surface area contributed by atoms with Crippen LogP contribution in [0.3, 0.4) is 0 Å². The Bertz CT molecular complexity index is 1020. The Kier molecular flexibility index (Phi) is 5.49. The van der Waals surface area contributed by atoms with Gasteiger partial charge < -0.3 is 9.64 Å². The average molecular weight is 410 g/mol. The highest BCUT2D eigenvalue weighted by Gasteiger charge is 2.31. The lowest BCUT2D eigenvalue weighted by molar-refractivity contribution is -0.131. The van der Waals surface area contributed by atoms with Gasteiger partial charge in [-0.2, -0.15) is 5.10 Å². The molecule has 2 aromatic heterocycles. The topological polar surface area (TPSA) is 64.4 Å². The van der Waals surface area contributed by atoms with E-state index in [1.807, 2.05) is 58.3 Å². The molecule has 3 aromatic rings. The molecular weight excluding hydrogens is 386 g/mol. The lowest BCUT2D eigenvalue weighted by atomic mass is 10.0. The highest BCUT2D eigenvalue weighted by Crippen LogP contribution is 2.27. The number of esters is 1. The van der Waals surface area contributed by atoms with Crippen LogP contribution in [0.4, 0.5) is 0 Å². The van der Waals surface area contributed by atoms with Crippen LogP contribution >= 0.6 is 11.3 Å². The Morgan fingerprint density at radius 1 is 1.21 bits per heavy atom. The van der Waals surface area contributed by atoms with Crippen molar-refractivity contribution >= 4 is 23.2 Å². The molecule has 0 spiro atoms. The number of carbonyl (C=O) groups is 2. The zero-order valence-electron chi connectivity index (χ0n) is 16.6. The van der Waals surface area contributed by atoms with Crippen molar-refractivity contribution < 1.29 is 14.3 Å². The summed E-state index contributed by atoms with van der Waals surface area (Å²) in [6, 6.07) is 11.9. The van der Waals surface area contributed by atoms with Gasteiger partial charge in [-0.3, -0.25) is 4.79 Å². The summed E-state index contributed by atoms with van der Waals surface area (Å²) >= 11 is 1.58. The lowest BCUT2D eigenvalue weighted by Crippen LogP contribution is -2.37. The van der Waals surface area contributed by atoms with E-state index in [9.17, 15) is 9.59 Å². The molecule has 6 nitrogen and oxygen atoms in total. The number of nitrogens with zero attached hydrogens (tertiary/aromatic N) is 3. The fourth-order valence-corrected chi connectivity index (χ4v) is 4.26. The molecule has 1 aromatic carbocycles. The smallest absolute Gasteiger partial charge is 0.359 e. The summed E-state index contributed by atoms with van der Waals surface area (Å²) in [4.78, 5) is 28.2. The molecule has 0 N–H and O–H groups in total. The largest absolute Gasteiger partial charge is 0.461 e. The van der Waals surface area contributed by atoms with Gasteiger partial charge in [0, 0.05) is 30.0 Å². The SMILES string of the molecule is CCOC(=O)c1nn(-c2ccc(C)cc2)c2c1CN(C(=O)Cc1cccs1)CC2. The van der Waals surface area contributed by atoms with Crippen LogP contribution in [0, 0.1) is 6.92 Å². The fraction of sp³-hybridized carbons (Fsp3) is 0.318. The van der Waals surface area contributed by atoms with E-state index in [0.717, 1.165) is 27.4 Å². The van der Waals surface area contributed by atoms with E-state index in [-0.39, 0.29) is 12.5 Å². The maximum Gasteiger partial charge on any atom is 0.359 e. The number of aryl methyl sites for hydroxylation is 1. The first-order valence-corrected chi connectivity index (χ1v) is 10.6. The average Bonchev–Trinajstić information content (AvgIpc) is 3.36. The minimum atomic E-state index is -0.442.